The van der Waals surface area contributed by atoms with Crippen molar-refractivity contribution in [3.05, 3.63) is 35.4 Å². The maximum absolute atomic E-state index is 9.76. The van der Waals surface area contributed by atoms with Crippen molar-refractivity contribution in [2.45, 2.75) is 38.3 Å². The minimum atomic E-state index is -0.134. The normalized spacial score (nSPS) is 24.7. The fourth-order valence-electron chi connectivity index (χ4n) is 2.55. The Morgan fingerprint density at radius 1 is 1.39 bits per heavy atom. The first-order valence-electron chi connectivity index (χ1n) is 6.62. The van der Waals surface area contributed by atoms with Crippen LogP contribution in [0.3, 0.4) is 0 Å². The van der Waals surface area contributed by atoms with Crippen LogP contribution in [0.5, 0.6) is 0 Å². The third kappa shape index (κ3) is 3.10. The zero-order valence-corrected chi connectivity index (χ0v) is 10.8. The van der Waals surface area contributed by atoms with Gasteiger partial charge in [-0.3, -0.25) is 0 Å². The highest BCUT2D eigenvalue weighted by molar-refractivity contribution is 5.32. The van der Waals surface area contributed by atoms with Gasteiger partial charge in [0, 0.05) is 12.6 Å². The maximum atomic E-state index is 9.76. The summed E-state index contributed by atoms with van der Waals surface area (Å²) in [5.41, 5.74) is 1.87. The van der Waals surface area contributed by atoms with Crippen LogP contribution in [0, 0.1) is 17.2 Å². The summed E-state index contributed by atoms with van der Waals surface area (Å²) >= 11 is 0. The van der Waals surface area contributed by atoms with Crippen LogP contribution in [0.1, 0.15) is 43.4 Å². The summed E-state index contributed by atoms with van der Waals surface area (Å²) in [6.07, 6.45) is 3.07. The standard InChI is InChI=1S/C15H20N2O/c1-11(13-7-5-12(9-16)6-8-13)17-10-14-3-2-4-15(14)18/h5-8,11,14-15,17-18H,2-4,10H2,1H3. The first-order chi connectivity index (χ1) is 8.70. The largest absolute Gasteiger partial charge is 0.393 e. The summed E-state index contributed by atoms with van der Waals surface area (Å²) in [6.45, 7) is 2.98. The van der Waals surface area contributed by atoms with E-state index in [4.69, 9.17) is 5.26 Å². The van der Waals surface area contributed by atoms with Crippen LogP contribution in [-0.4, -0.2) is 17.8 Å². The van der Waals surface area contributed by atoms with Gasteiger partial charge in [-0.1, -0.05) is 18.6 Å². The molecular formula is C15H20N2O. The molecule has 2 rings (SSSR count). The molecule has 1 saturated carbocycles. The van der Waals surface area contributed by atoms with Gasteiger partial charge < -0.3 is 10.4 Å². The van der Waals surface area contributed by atoms with E-state index < -0.39 is 0 Å². The van der Waals surface area contributed by atoms with Crippen molar-refractivity contribution < 1.29 is 5.11 Å². The Kier molecular flexibility index (Phi) is 4.35. The molecule has 96 valence electrons. The van der Waals surface area contributed by atoms with Crippen molar-refractivity contribution in [3.8, 4) is 6.07 Å². The van der Waals surface area contributed by atoms with Crippen molar-refractivity contribution in [2.75, 3.05) is 6.54 Å². The number of aliphatic hydroxyl groups excluding tert-OH is 1. The molecule has 18 heavy (non-hydrogen) atoms. The zero-order valence-electron chi connectivity index (χ0n) is 10.8. The molecule has 3 unspecified atom stereocenters. The Bertz CT molecular complexity index is 421. The van der Waals surface area contributed by atoms with Crippen molar-refractivity contribution in [1.82, 2.24) is 5.32 Å². The summed E-state index contributed by atoms with van der Waals surface area (Å²) in [5.74, 6) is 0.394. The number of nitrogens with zero attached hydrogens (tertiary/aromatic N) is 1. The van der Waals surface area contributed by atoms with Gasteiger partial charge >= 0.3 is 0 Å². The van der Waals surface area contributed by atoms with Crippen molar-refractivity contribution in [3.63, 3.8) is 0 Å². The lowest BCUT2D eigenvalue weighted by molar-refractivity contribution is 0.130. The van der Waals surface area contributed by atoms with Gasteiger partial charge in [0.25, 0.3) is 0 Å². The molecule has 0 amide bonds. The predicted molar refractivity (Wildman–Crippen MR) is 70.9 cm³/mol. The molecule has 3 nitrogen and oxygen atoms in total. The number of hydrogen-bond donors (Lipinski definition) is 2. The van der Waals surface area contributed by atoms with Crippen LogP contribution in [0.15, 0.2) is 24.3 Å². The molecule has 3 atom stereocenters. The molecule has 1 aliphatic rings. The van der Waals surface area contributed by atoms with E-state index in [0.29, 0.717) is 11.5 Å². The van der Waals surface area contributed by atoms with Crippen LogP contribution in [-0.2, 0) is 0 Å². The van der Waals surface area contributed by atoms with Crippen LogP contribution in [0.4, 0.5) is 0 Å². The molecule has 0 aliphatic heterocycles. The molecule has 1 fully saturated rings. The second-order valence-electron chi connectivity index (χ2n) is 5.12. The fraction of sp³-hybridized carbons (Fsp3) is 0.533. The van der Waals surface area contributed by atoms with Gasteiger partial charge in [0.1, 0.15) is 0 Å². The lowest BCUT2D eigenvalue weighted by Gasteiger charge is -2.19. The lowest BCUT2D eigenvalue weighted by atomic mass is 10.0. The molecule has 0 aromatic heterocycles. The summed E-state index contributed by atoms with van der Waals surface area (Å²) in [4.78, 5) is 0. The van der Waals surface area contributed by atoms with Crippen molar-refractivity contribution in [2.24, 2.45) is 5.92 Å². The molecule has 0 bridgehead atoms. The third-order valence-electron chi connectivity index (χ3n) is 3.84. The van der Waals surface area contributed by atoms with Gasteiger partial charge in [-0.05, 0) is 43.4 Å². The van der Waals surface area contributed by atoms with Crippen molar-refractivity contribution in [1.29, 1.82) is 5.26 Å². The van der Waals surface area contributed by atoms with Crippen LogP contribution in [0.25, 0.3) is 0 Å². The SMILES string of the molecule is CC(NCC1CCCC1O)c1ccc(C#N)cc1. The number of nitriles is 1. The monoisotopic (exact) mass is 244 g/mol. The van der Waals surface area contributed by atoms with Gasteiger partial charge in [0.2, 0.25) is 0 Å². The van der Waals surface area contributed by atoms with E-state index >= 15 is 0 Å². The van der Waals surface area contributed by atoms with Crippen LogP contribution < -0.4 is 5.32 Å². The first-order valence-corrected chi connectivity index (χ1v) is 6.62. The van der Waals surface area contributed by atoms with Gasteiger partial charge in [-0.15, -0.1) is 0 Å². The van der Waals surface area contributed by atoms with Gasteiger partial charge in [-0.2, -0.15) is 5.26 Å². The zero-order chi connectivity index (χ0) is 13.0. The summed E-state index contributed by atoms with van der Waals surface area (Å²) in [5, 5.41) is 22.0. The summed E-state index contributed by atoms with van der Waals surface area (Å²) in [6, 6.07) is 10.0. The number of rotatable bonds is 4. The lowest BCUT2D eigenvalue weighted by Crippen LogP contribution is -2.29. The van der Waals surface area contributed by atoms with Crippen LogP contribution in [0.2, 0.25) is 0 Å². The molecule has 2 N–H and O–H groups in total. The molecule has 0 saturated heterocycles. The molecule has 0 spiro atoms. The first kappa shape index (κ1) is 13.1. The quantitative estimate of drug-likeness (QED) is 0.855. The molecule has 1 aromatic carbocycles. The highest BCUT2D eigenvalue weighted by atomic mass is 16.3. The minimum absolute atomic E-state index is 0.134. The minimum Gasteiger partial charge on any atom is -0.393 e. The second-order valence-corrected chi connectivity index (χ2v) is 5.12. The Morgan fingerprint density at radius 2 is 2.11 bits per heavy atom. The number of benzene rings is 1. The fourth-order valence-corrected chi connectivity index (χ4v) is 2.55. The Labute approximate surface area is 108 Å². The molecule has 0 heterocycles. The highest BCUT2D eigenvalue weighted by Gasteiger charge is 2.25. The number of nitrogens with one attached hydrogen (secondary N) is 1. The molecule has 1 aromatic rings. The van der Waals surface area contributed by atoms with Gasteiger partial charge in [-0.25, -0.2) is 0 Å². The molecule has 0 radical (unpaired) electrons. The summed E-state index contributed by atoms with van der Waals surface area (Å²) < 4.78 is 0. The van der Waals surface area contributed by atoms with Crippen molar-refractivity contribution >= 4 is 0 Å². The van der Waals surface area contributed by atoms with E-state index in [0.717, 1.165) is 25.8 Å². The van der Waals surface area contributed by atoms with Gasteiger partial charge in [0.15, 0.2) is 0 Å². The molecular weight excluding hydrogens is 224 g/mol. The summed E-state index contributed by atoms with van der Waals surface area (Å²) in [7, 11) is 0. The second kappa shape index (κ2) is 5.99. The van der Waals surface area contributed by atoms with E-state index in [2.05, 4.69) is 18.3 Å². The smallest absolute Gasteiger partial charge is 0.0991 e. The topological polar surface area (TPSA) is 56.0 Å². The van der Waals surface area contributed by atoms with E-state index in [9.17, 15) is 5.11 Å². The average Bonchev–Trinajstić information content (AvgIpc) is 2.81. The van der Waals surface area contributed by atoms with E-state index in [1.165, 1.54) is 5.56 Å². The Balaban J connectivity index is 1.87. The van der Waals surface area contributed by atoms with E-state index in [1.54, 1.807) is 0 Å². The number of hydrogen-bond acceptors (Lipinski definition) is 3. The van der Waals surface area contributed by atoms with E-state index in [1.807, 2.05) is 24.3 Å². The van der Waals surface area contributed by atoms with E-state index in [-0.39, 0.29) is 12.1 Å². The predicted octanol–water partition coefficient (Wildman–Crippen LogP) is 2.37. The highest BCUT2D eigenvalue weighted by Crippen LogP contribution is 2.25. The molecule has 1 aliphatic carbocycles. The Morgan fingerprint density at radius 3 is 2.67 bits per heavy atom. The molecule has 3 heteroatoms. The third-order valence-corrected chi connectivity index (χ3v) is 3.84. The number of aliphatic hydroxyl groups is 1. The van der Waals surface area contributed by atoms with Crippen LogP contribution >= 0.6 is 0 Å². The average molecular weight is 244 g/mol. The van der Waals surface area contributed by atoms with Gasteiger partial charge in [0.05, 0.1) is 17.7 Å². The Hall–Kier alpha value is -1.37. The maximum Gasteiger partial charge on any atom is 0.0991 e.